The van der Waals surface area contributed by atoms with Gasteiger partial charge in [-0.05, 0) is 41.4 Å². The largest absolute Gasteiger partial charge is 0.366 e. The monoisotopic (exact) mass is 498 g/mol. The number of anilines is 1. The lowest BCUT2D eigenvalue weighted by Crippen LogP contribution is -2.51. The molecule has 0 aliphatic carbocycles. The fourth-order valence-electron chi connectivity index (χ4n) is 4.30. The van der Waals surface area contributed by atoms with E-state index in [0.717, 1.165) is 4.88 Å². The smallest absolute Gasteiger partial charge is 0.332 e. The van der Waals surface area contributed by atoms with E-state index in [4.69, 9.17) is 0 Å². The topological polar surface area (TPSA) is 67.5 Å². The first-order chi connectivity index (χ1) is 16.5. The standard InChI is InChI=1S/C24H23FN4O3S2/c25-18-5-1-2-6-19(18)26-10-12-27(13-11-26)21(30)16-29-20-8-15-34-22(20)23(31)28(24(29)32)9-7-17-4-3-14-33-17/h1-6,8,14-15H,7,9-13,16H2. The number of hydrogen-bond acceptors (Lipinski definition) is 6. The van der Waals surface area contributed by atoms with Gasteiger partial charge in [-0.2, -0.15) is 0 Å². The van der Waals surface area contributed by atoms with E-state index < -0.39 is 5.69 Å². The Morgan fingerprint density at radius 2 is 1.71 bits per heavy atom. The van der Waals surface area contributed by atoms with E-state index in [-0.39, 0.29) is 30.4 Å². The van der Waals surface area contributed by atoms with E-state index in [2.05, 4.69) is 0 Å². The summed E-state index contributed by atoms with van der Waals surface area (Å²) in [5, 5.41) is 3.73. The molecule has 0 unspecified atom stereocenters. The maximum atomic E-state index is 14.1. The predicted molar refractivity (Wildman–Crippen MR) is 134 cm³/mol. The molecule has 1 aromatic carbocycles. The Hall–Kier alpha value is -3.24. The molecule has 176 valence electrons. The molecule has 0 bridgehead atoms. The number of carbonyl (C=O) groups is 1. The fraction of sp³-hybridized carbons (Fsp3) is 0.292. The lowest BCUT2D eigenvalue weighted by molar-refractivity contribution is -0.132. The third-order valence-electron chi connectivity index (χ3n) is 6.12. The first-order valence-corrected chi connectivity index (χ1v) is 12.8. The van der Waals surface area contributed by atoms with Gasteiger partial charge in [-0.3, -0.25) is 18.7 Å². The second-order valence-electron chi connectivity index (χ2n) is 8.11. The molecule has 1 aliphatic heterocycles. The number of fused-ring (bicyclic) bond motifs is 1. The van der Waals surface area contributed by atoms with Crippen molar-refractivity contribution in [2.75, 3.05) is 31.1 Å². The van der Waals surface area contributed by atoms with Crippen LogP contribution in [-0.4, -0.2) is 46.1 Å². The van der Waals surface area contributed by atoms with Gasteiger partial charge in [0.2, 0.25) is 5.91 Å². The van der Waals surface area contributed by atoms with Crippen molar-refractivity contribution in [2.24, 2.45) is 0 Å². The van der Waals surface area contributed by atoms with Crippen molar-refractivity contribution in [3.63, 3.8) is 0 Å². The Kier molecular flexibility index (Phi) is 6.34. The quantitative estimate of drug-likeness (QED) is 0.410. The third-order valence-corrected chi connectivity index (χ3v) is 7.95. The molecule has 1 saturated heterocycles. The number of halogens is 1. The van der Waals surface area contributed by atoms with Gasteiger partial charge in [-0.15, -0.1) is 22.7 Å². The van der Waals surface area contributed by atoms with Crippen LogP contribution in [0.15, 0.2) is 62.8 Å². The maximum absolute atomic E-state index is 14.1. The van der Waals surface area contributed by atoms with Gasteiger partial charge < -0.3 is 9.80 Å². The summed E-state index contributed by atoms with van der Waals surface area (Å²) in [6, 6.07) is 12.2. The van der Waals surface area contributed by atoms with Gasteiger partial charge in [0, 0.05) is 37.6 Å². The van der Waals surface area contributed by atoms with Gasteiger partial charge >= 0.3 is 5.69 Å². The van der Waals surface area contributed by atoms with E-state index in [1.54, 1.807) is 45.9 Å². The number of nitrogens with zero attached hydrogens (tertiary/aromatic N) is 4. The van der Waals surface area contributed by atoms with Crippen LogP contribution in [0.2, 0.25) is 0 Å². The molecule has 10 heteroatoms. The summed E-state index contributed by atoms with van der Waals surface area (Å²) in [6.45, 7) is 2.03. The van der Waals surface area contributed by atoms with E-state index >= 15 is 0 Å². The molecule has 0 spiro atoms. The second-order valence-corrected chi connectivity index (χ2v) is 10.1. The van der Waals surface area contributed by atoms with Crippen LogP contribution in [0.25, 0.3) is 10.2 Å². The highest BCUT2D eigenvalue weighted by Gasteiger charge is 2.24. The molecule has 3 aromatic heterocycles. The number of thiophene rings is 2. The highest BCUT2D eigenvalue weighted by molar-refractivity contribution is 7.17. The minimum Gasteiger partial charge on any atom is -0.366 e. The zero-order chi connectivity index (χ0) is 23.7. The average Bonchev–Trinajstić information content (AvgIpc) is 3.55. The van der Waals surface area contributed by atoms with Crippen LogP contribution >= 0.6 is 22.7 Å². The highest BCUT2D eigenvalue weighted by Crippen LogP contribution is 2.21. The fourth-order valence-corrected chi connectivity index (χ4v) is 5.84. The summed E-state index contributed by atoms with van der Waals surface area (Å²) >= 11 is 2.86. The predicted octanol–water partition coefficient (Wildman–Crippen LogP) is 3.02. The van der Waals surface area contributed by atoms with Crippen LogP contribution in [-0.2, 0) is 24.3 Å². The van der Waals surface area contributed by atoms with Crippen molar-refractivity contribution in [1.82, 2.24) is 14.0 Å². The molecular weight excluding hydrogens is 475 g/mol. The lowest BCUT2D eigenvalue weighted by Gasteiger charge is -2.36. The van der Waals surface area contributed by atoms with Crippen LogP contribution in [0.4, 0.5) is 10.1 Å². The van der Waals surface area contributed by atoms with Gasteiger partial charge in [0.1, 0.15) is 17.1 Å². The summed E-state index contributed by atoms with van der Waals surface area (Å²) in [6.07, 6.45) is 0.579. The Morgan fingerprint density at radius 3 is 2.44 bits per heavy atom. The Balaban J connectivity index is 1.35. The minimum atomic E-state index is -0.467. The van der Waals surface area contributed by atoms with Crippen molar-refractivity contribution in [1.29, 1.82) is 0 Å². The summed E-state index contributed by atoms with van der Waals surface area (Å²) < 4.78 is 17.2. The molecule has 0 N–H and O–H groups in total. The van der Waals surface area contributed by atoms with E-state index in [1.807, 2.05) is 22.4 Å². The molecule has 0 radical (unpaired) electrons. The minimum absolute atomic E-state index is 0.134. The number of aromatic nitrogens is 2. The molecule has 34 heavy (non-hydrogen) atoms. The average molecular weight is 499 g/mol. The van der Waals surface area contributed by atoms with Crippen molar-refractivity contribution < 1.29 is 9.18 Å². The molecule has 1 fully saturated rings. The number of benzene rings is 1. The first-order valence-electron chi connectivity index (χ1n) is 11.0. The summed E-state index contributed by atoms with van der Waals surface area (Å²) in [5.41, 5.74) is 0.244. The Labute approximate surface area is 202 Å². The number of hydrogen-bond donors (Lipinski definition) is 0. The summed E-state index contributed by atoms with van der Waals surface area (Å²) in [4.78, 5) is 44.0. The summed E-state index contributed by atoms with van der Waals surface area (Å²) in [7, 11) is 0. The Bertz CT molecular complexity index is 1430. The third kappa shape index (κ3) is 4.30. The SMILES string of the molecule is O=C(Cn1c(=O)n(CCc2cccs2)c(=O)c2sccc21)N1CCN(c2ccccc2F)CC1. The zero-order valence-electron chi connectivity index (χ0n) is 18.4. The normalized spacial score (nSPS) is 14.1. The van der Waals surface area contributed by atoms with E-state index in [9.17, 15) is 18.8 Å². The van der Waals surface area contributed by atoms with Crippen LogP contribution in [0, 0.1) is 5.82 Å². The zero-order valence-corrected chi connectivity index (χ0v) is 20.0. The highest BCUT2D eigenvalue weighted by atomic mass is 32.1. The molecule has 1 aliphatic rings. The van der Waals surface area contributed by atoms with Gasteiger partial charge in [-0.1, -0.05) is 18.2 Å². The van der Waals surface area contributed by atoms with Crippen LogP contribution in [0.1, 0.15) is 4.88 Å². The van der Waals surface area contributed by atoms with E-state index in [0.29, 0.717) is 48.5 Å². The maximum Gasteiger partial charge on any atom is 0.332 e. The van der Waals surface area contributed by atoms with Crippen molar-refractivity contribution >= 4 is 44.5 Å². The number of para-hydroxylation sites is 1. The molecule has 4 aromatic rings. The molecular formula is C24H23FN4O3S2. The van der Waals surface area contributed by atoms with Crippen LogP contribution in [0.3, 0.4) is 0 Å². The van der Waals surface area contributed by atoms with Crippen LogP contribution < -0.4 is 16.1 Å². The number of carbonyl (C=O) groups excluding carboxylic acids is 1. The number of aryl methyl sites for hydroxylation is 1. The number of rotatable bonds is 6. The van der Waals surface area contributed by atoms with Gasteiger partial charge in [0.15, 0.2) is 0 Å². The van der Waals surface area contributed by atoms with Crippen molar-refractivity contribution in [3.05, 3.63) is 84.8 Å². The number of piperazine rings is 1. The van der Waals surface area contributed by atoms with Crippen molar-refractivity contribution in [3.8, 4) is 0 Å². The van der Waals surface area contributed by atoms with Gasteiger partial charge in [0.05, 0.1) is 11.2 Å². The molecule has 4 heterocycles. The first kappa shape index (κ1) is 22.5. The van der Waals surface area contributed by atoms with Crippen LogP contribution in [0.5, 0.6) is 0 Å². The number of amides is 1. The summed E-state index contributed by atoms with van der Waals surface area (Å²) in [5.74, 6) is -0.468. The Morgan fingerprint density at radius 1 is 0.912 bits per heavy atom. The molecule has 0 saturated carbocycles. The van der Waals surface area contributed by atoms with E-state index in [1.165, 1.54) is 26.5 Å². The lowest BCUT2D eigenvalue weighted by atomic mass is 10.2. The second kappa shape index (κ2) is 9.55. The van der Waals surface area contributed by atoms with Gasteiger partial charge in [0.25, 0.3) is 5.56 Å². The van der Waals surface area contributed by atoms with Crippen molar-refractivity contribution in [2.45, 2.75) is 19.5 Å². The van der Waals surface area contributed by atoms with Gasteiger partial charge in [-0.25, -0.2) is 9.18 Å². The molecule has 0 atom stereocenters. The molecule has 5 rings (SSSR count). The molecule has 1 amide bonds. The molecule has 7 nitrogen and oxygen atoms in total.